The predicted octanol–water partition coefficient (Wildman–Crippen LogP) is 0.582. The van der Waals surface area contributed by atoms with E-state index in [1.54, 1.807) is 6.20 Å². The molecular formula is C11H19N3O2S. The summed E-state index contributed by atoms with van der Waals surface area (Å²) in [5, 5.41) is 0. The minimum atomic E-state index is -2.94. The van der Waals surface area contributed by atoms with Gasteiger partial charge < -0.3 is 10.6 Å². The number of hydrogen-bond donors (Lipinski definition) is 1. The number of nitrogens with zero attached hydrogens (tertiary/aromatic N) is 2. The molecule has 0 unspecified atom stereocenters. The Bertz CT molecular complexity index is 454. The second-order valence-corrected chi connectivity index (χ2v) is 6.55. The summed E-state index contributed by atoms with van der Waals surface area (Å²) in [6.45, 7) is 2.33. The van der Waals surface area contributed by atoms with Gasteiger partial charge in [0.1, 0.15) is 15.7 Å². The van der Waals surface area contributed by atoms with Gasteiger partial charge in [0, 0.05) is 32.1 Å². The highest BCUT2D eigenvalue weighted by Gasteiger charge is 2.08. The van der Waals surface area contributed by atoms with Gasteiger partial charge in [-0.05, 0) is 18.6 Å². The van der Waals surface area contributed by atoms with Crippen molar-refractivity contribution in [3.05, 3.63) is 23.9 Å². The van der Waals surface area contributed by atoms with E-state index in [1.807, 2.05) is 31.0 Å². The Labute approximate surface area is 103 Å². The second-order valence-electron chi connectivity index (χ2n) is 4.29. The molecule has 0 aliphatic rings. The lowest BCUT2D eigenvalue weighted by Gasteiger charge is -2.18. The molecule has 1 heterocycles. The molecule has 0 aromatic carbocycles. The summed E-state index contributed by atoms with van der Waals surface area (Å²) in [5.41, 5.74) is 6.69. The smallest absolute Gasteiger partial charge is 0.149 e. The predicted molar refractivity (Wildman–Crippen MR) is 69.8 cm³/mol. The molecule has 1 aromatic heterocycles. The van der Waals surface area contributed by atoms with Crippen molar-refractivity contribution in [1.82, 2.24) is 4.98 Å². The van der Waals surface area contributed by atoms with Crippen LogP contribution in [0.3, 0.4) is 0 Å². The minimum absolute atomic E-state index is 0.0436. The lowest BCUT2D eigenvalue weighted by atomic mass is 10.1. The van der Waals surface area contributed by atoms with Gasteiger partial charge in [0.05, 0.1) is 5.75 Å². The van der Waals surface area contributed by atoms with E-state index in [0.29, 0.717) is 6.54 Å². The molecule has 0 aliphatic carbocycles. The summed E-state index contributed by atoms with van der Waals surface area (Å²) >= 11 is 0. The molecule has 5 nitrogen and oxygen atoms in total. The van der Waals surface area contributed by atoms with Crippen LogP contribution in [0, 0.1) is 0 Å². The van der Waals surface area contributed by atoms with Crippen LogP contribution in [0.15, 0.2) is 18.3 Å². The van der Waals surface area contributed by atoms with E-state index in [1.165, 1.54) is 6.26 Å². The van der Waals surface area contributed by atoms with E-state index in [-0.39, 0.29) is 11.8 Å². The highest BCUT2D eigenvalue weighted by molar-refractivity contribution is 7.90. The topological polar surface area (TPSA) is 76.3 Å². The molecule has 17 heavy (non-hydrogen) atoms. The fraction of sp³-hybridized carbons (Fsp3) is 0.545. The van der Waals surface area contributed by atoms with Crippen molar-refractivity contribution >= 4 is 15.7 Å². The molecule has 0 radical (unpaired) electrons. The summed E-state index contributed by atoms with van der Waals surface area (Å²) in [6, 6.07) is 3.71. The zero-order chi connectivity index (χ0) is 13.1. The Morgan fingerprint density at radius 3 is 2.53 bits per heavy atom. The highest BCUT2D eigenvalue weighted by atomic mass is 32.2. The molecule has 1 aromatic rings. The third kappa shape index (κ3) is 4.70. The van der Waals surface area contributed by atoms with E-state index in [9.17, 15) is 8.42 Å². The average molecular weight is 257 g/mol. The zero-order valence-corrected chi connectivity index (χ0v) is 11.2. The van der Waals surface area contributed by atoms with Gasteiger partial charge in [0.25, 0.3) is 0 Å². The number of nitrogens with two attached hydrogens (primary N) is 1. The molecule has 0 amide bonds. The van der Waals surface area contributed by atoms with Crippen molar-refractivity contribution in [2.24, 2.45) is 5.73 Å². The van der Waals surface area contributed by atoms with Gasteiger partial charge in [-0.25, -0.2) is 13.4 Å². The van der Waals surface area contributed by atoms with Crippen molar-refractivity contribution in [2.75, 3.05) is 30.5 Å². The number of sulfone groups is 1. The van der Waals surface area contributed by atoms with Crippen LogP contribution in [0.5, 0.6) is 0 Å². The standard InChI is InChI=1S/C11H19N3O2S/c1-9(12)10-4-5-11(13-8-10)14(2)6-7-17(3,15)16/h4-5,8-9H,6-7,12H2,1-3H3/t9-/m0/s1. The van der Waals surface area contributed by atoms with E-state index >= 15 is 0 Å². The summed E-state index contributed by atoms with van der Waals surface area (Å²) in [5.74, 6) is 0.873. The minimum Gasteiger partial charge on any atom is -0.359 e. The summed E-state index contributed by atoms with van der Waals surface area (Å²) in [7, 11) is -1.12. The molecular weight excluding hydrogens is 238 g/mol. The first-order valence-electron chi connectivity index (χ1n) is 5.40. The quantitative estimate of drug-likeness (QED) is 0.835. The van der Waals surface area contributed by atoms with Crippen LogP contribution in [0.1, 0.15) is 18.5 Å². The van der Waals surface area contributed by atoms with Gasteiger partial charge >= 0.3 is 0 Å². The summed E-state index contributed by atoms with van der Waals surface area (Å²) in [6.07, 6.45) is 2.95. The molecule has 0 bridgehead atoms. The molecule has 1 rings (SSSR count). The Kier molecular flexibility index (Phi) is 4.47. The van der Waals surface area contributed by atoms with Crippen LogP contribution in [-0.4, -0.2) is 39.0 Å². The Morgan fingerprint density at radius 1 is 1.47 bits per heavy atom. The Hall–Kier alpha value is -1.14. The average Bonchev–Trinajstić information content (AvgIpc) is 2.25. The first-order valence-corrected chi connectivity index (χ1v) is 7.46. The van der Waals surface area contributed by atoms with Crippen molar-refractivity contribution < 1.29 is 8.42 Å². The molecule has 0 spiro atoms. The second kappa shape index (κ2) is 5.46. The Balaban J connectivity index is 2.67. The molecule has 0 saturated heterocycles. The van der Waals surface area contributed by atoms with Gasteiger partial charge in [-0.2, -0.15) is 0 Å². The molecule has 0 fully saturated rings. The van der Waals surface area contributed by atoms with Gasteiger partial charge in [-0.1, -0.05) is 6.07 Å². The largest absolute Gasteiger partial charge is 0.359 e. The summed E-state index contributed by atoms with van der Waals surface area (Å²) < 4.78 is 22.1. The maximum absolute atomic E-state index is 11.0. The normalized spacial score (nSPS) is 13.4. The van der Waals surface area contributed by atoms with Crippen molar-refractivity contribution in [1.29, 1.82) is 0 Å². The maximum Gasteiger partial charge on any atom is 0.149 e. The van der Waals surface area contributed by atoms with Gasteiger partial charge in [-0.3, -0.25) is 0 Å². The highest BCUT2D eigenvalue weighted by Crippen LogP contribution is 2.13. The molecule has 2 N–H and O–H groups in total. The number of anilines is 1. The monoisotopic (exact) mass is 257 g/mol. The lowest BCUT2D eigenvalue weighted by molar-refractivity contribution is 0.601. The van der Waals surface area contributed by atoms with Crippen LogP contribution >= 0.6 is 0 Å². The van der Waals surface area contributed by atoms with Crippen LogP contribution in [0.25, 0.3) is 0 Å². The fourth-order valence-electron chi connectivity index (χ4n) is 1.31. The molecule has 96 valence electrons. The van der Waals surface area contributed by atoms with E-state index in [4.69, 9.17) is 5.73 Å². The van der Waals surface area contributed by atoms with E-state index in [2.05, 4.69) is 4.98 Å². The molecule has 0 aliphatic heterocycles. The summed E-state index contributed by atoms with van der Waals surface area (Å²) in [4.78, 5) is 6.06. The van der Waals surface area contributed by atoms with Gasteiger partial charge in [-0.15, -0.1) is 0 Å². The maximum atomic E-state index is 11.0. The fourth-order valence-corrected chi connectivity index (χ4v) is 1.92. The van der Waals surface area contributed by atoms with Gasteiger partial charge in [0.2, 0.25) is 0 Å². The first-order chi connectivity index (χ1) is 7.79. The number of rotatable bonds is 5. The van der Waals surface area contributed by atoms with Crippen molar-refractivity contribution in [2.45, 2.75) is 13.0 Å². The van der Waals surface area contributed by atoms with Gasteiger partial charge in [0.15, 0.2) is 0 Å². The molecule has 0 saturated carbocycles. The lowest BCUT2D eigenvalue weighted by Crippen LogP contribution is -2.25. The van der Waals surface area contributed by atoms with Crippen LogP contribution in [-0.2, 0) is 9.84 Å². The van der Waals surface area contributed by atoms with Crippen LogP contribution < -0.4 is 10.6 Å². The number of aromatic nitrogens is 1. The van der Waals surface area contributed by atoms with E-state index in [0.717, 1.165) is 11.4 Å². The van der Waals surface area contributed by atoms with Crippen LogP contribution in [0.2, 0.25) is 0 Å². The van der Waals surface area contributed by atoms with Crippen molar-refractivity contribution in [3.63, 3.8) is 0 Å². The van der Waals surface area contributed by atoms with Crippen molar-refractivity contribution in [3.8, 4) is 0 Å². The van der Waals surface area contributed by atoms with Crippen LogP contribution in [0.4, 0.5) is 5.82 Å². The molecule has 1 atom stereocenters. The Morgan fingerprint density at radius 2 is 2.12 bits per heavy atom. The first kappa shape index (κ1) is 13.9. The third-order valence-corrected chi connectivity index (χ3v) is 3.41. The van der Waals surface area contributed by atoms with E-state index < -0.39 is 9.84 Å². The third-order valence-electron chi connectivity index (χ3n) is 2.49. The number of hydrogen-bond acceptors (Lipinski definition) is 5. The number of pyridine rings is 1. The molecule has 6 heteroatoms. The zero-order valence-electron chi connectivity index (χ0n) is 10.4. The SMILES string of the molecule is C[C@H](N)c1ccc(N(C)CCS(C)(=O)=O)nc1.